The molecule has 0 fully saturated rings. The van der Waals surface area contributed by atoms with Crippen molar-refractivity contribution in [1.82, 2.24) is 0 Å². The van der Waals surface area contributed by atoms with Gasteiger partial charge < -0.3 is 19.8 Å². The van der Waals surface area contributed by atoms with E-state index < -0.39 is 11.6 Å². The Labute approximate surface area is 185 Å². The lowest BCUT2D eigenvalue weighted by molar-refractivity contribution is -0.161. The van der Waals surface area contributed by atoms with Gasteiger partial charge in [0, 0.05) is 18.7 Å². The van der Waals surface area contributed by atoms with Gasteiger partial charge in [0.05, 0.1) is 0 Å². The van der Waals surface area contributed by atoms with E-state index in [0.29, 0.717) is 32.2 Å². The number of anilines is 1. The quantitative estimate of drug-likeness (QED) is 0.467. The highest BCUT2D eigenvalue weighted by Crippen LogP contribution is 2.39. The van der Waals surface area contributed by atoms with E-state index in [1.807, 2.05) is 54.3 Å². The molecule has 166 valence electrons. The van der Waals surface area contributed by atoms with Crippen molar-refractivity contribution in [3.8, 4) is 5.75 Å². The number of phenols is 1. The number of carbonyl (C=O) groups excluding carboxylic acids is 1. The Kier molecular flexibility index (Phi) is 7.61. The molecule has 0 radical (unpaired) electrons. The summed E-state index contributed by atoms with van der Waals surface area (Å²) in [7, 11) is 0. The number of para-hydroxylation sites is 1. The van der Waals surface area contributed by atoms with Crippen LogP contribution in [0.2, 0.25) is 0 Å². The molecule has 3 rings (SSSR count). The minimum absolute atomic E-state index is 0.107. The number of unbranched alkanes of at least 4 members (excludes halogenated alkanes) is 1. The van der Waals surface area contributed by atoms with E-state index in [1.165, 1.54) is 0 Å². The van der Waals surface area contributed by atoms with Gasteiger partial charge in [-0.05, 0) is 61.9 Å². The number of aromatic hydroxyl groups is 1. The molecule has 1 unspecified atom stereocenters. The fourth-order valence-electron chi connectivity index (χ4n) is 4.19. The Balaban J connectivity index is 1.87. The number of carbonyl (C=O) groups is 1. The summed E-state index contributed by atoms with van der Waals surface area (Å²) in [6, 6.07) is 16.7. The van der Waals surface area contributed by atoms with Crippen LogP contribution in [0.5, 0.6) is 5.75 Å². The second kappa shape index (κ2) is 10.4. The molecule has 5 nitrogen and oxygen atoms in total. The lowest BCUT2D eigenvalue weighted by Crippen LogP contribution is -2.44. The van der Waals surface area contributed by atoms with Gasteiger partial charge in [0.1, 0.15) is 17.1 Å². The van der Waals surface area contributed by atoms with Crippen molar-refractivity contribution in [2.45, 2.75) is 64.4 Å². The summed E-state index contributed by atoms with van der Waals surface area (Å²) in [5.41, 5.74) is 1.47. The van der Waals surface area contributed by atoms with Crippen LogP contribution in [0.3, 0.4) is 0 Å². The van der Waals surface area contributed by atoms with Gasteiger partial charge in [0.25, 0.3) is 0 Å². The number of phenolic OH excluding ortho intramolecular Hbond substituents is 1. The Morgan fingerprint density at radius 2 is 1.68 bits per heavy atom. The van der Waals surface area contributed by atoms with E-state index >= 15 is 0 Å². The van der Waals surface area contributed by atoms with Crippen LogP contribution in [-0.2, 0) is 16.0 Å². The molecule has 1 aliphatic rings. The predicted molar refractivity (Wildman–Crippen MR) is 123 cm³/mol. The maximum Gasteiger partial charge on any atom is 0.359 e. The van der Waals surface area contributed by atoms with Crippen LogP contribution in [0.4, 0.5) is 5.69 Å². The van der Waals surface area contributed by atoms with Gasteiger partial charge in [-0.1, -0.05) is 50.6 Å². The molecule has 0 amide bonds. The lowest BCUT2D eigenvalue weighted by Gasteiger charge is -2.40. The number of benzene rings is 2. The first-order chi connectivity index (χ1) is 15.0. The second-order valence-corrected chi connectivity index (χ2v) is 8.30. The first-order valence-corrected chi connectivity index (χ1v) is 11.2. The molecule has 5 heteroatoms. The van der Waals surface area contributed by atoms with Crippen molar-refractivity contribution in [3.63, 3.8) is 0 Å². The van der Waals surface area contributed by atoms with E-state index in [4.69, 9.17) is 4.74 Å². The van der Waals surface area contributed by atoms with Crippen molar-refractivity contribution in [2.24, 2.45) is 0 Å². The number of aryl methyl sites for hydroxylation is 1. The third kappa shape index (κ3) is 5.60. The van der Waals surface area contributed by atoms with Crippen LogP contribution >= 0.6 is 0 Å². The van der Waals surface area contributed by atoms with E-state index in [0.717, 1.165) is 30.5 Å². The summed E-state index contributed by atoms with van der Waals surface area (Å²) in [6.45, 7) is 4.77. The van der Waals surface area contributed by atoms with Crippen LogP contribution in [0.25, 0.3) is 0 Å². The van der Waals surface area contributed by atoms with Crippen LogP contribution in [0.1, 0.15) is 57.9 Å². The molecule has 0 aliphatic carbocycles. The first kappa shape index (κ1) is 22.7. The molecule has 1 aliphatic heterocycles. The Morgan fingerprint density at radius 3 is 2.29 bits per heavy atom. The van der Waals surface area contributed by atoms with E-state index in [9.17, 15) is 15.0 Å². The predicted octanol–water partition coefficient (Wildman–Crippen LogP) is 5.89. The fraction of sp³-hybridized carbons (Fsp3) is 0.423. The normalized spacial score (nSPS) is 18.7. The number of cyclic esters (lactones) is 1. The molecule has 0 saturated heterocycles. The highest BCUT2D eigenvalue weighted by molar-refractivity contribution is 5.94. The Hall–Kier alpha value is -2.95. The highest BCUT2D eigenvalue weighted by atomic mass is 16.6. The molecular weight excluding hydrogens is 390 g/mol. The largest absolute Gasteiger partial charge is 0.510 e. The molecule has 1 atom stereocenters. The maximum atomic E-state index is 13.2. The van der Waals surface area contributed by atoms with Crippen molar-refractivity contribution in [2.75, 3.05) is 11.4 Å². The number of nitrogens with zero attached hydrogens (tertiary/aromatic N) is 1. The Bertz CT molecular complexity index is 891. The minimum atomic E-state index is -0.715. The highest BCUT2D eigenvalue weighted by Gasteiger charge is 2.43. The zero-order chi connectivity index (χ0) is 22.3. The van der Waals surface area contributed by atoms with Gasteiger partial charge >= 0.3 is 5.97 Å². The van der Waals surface area contributed by atoms with Crippen molar-refractivity contribution < 1.29 is 19.7 Å². The summed E-state index contributed by atoms with van der Waals surface area (Å²) in [5, 5.41) is 20.6. The molecule has 31 heavy (non-hydrogen) atoms. The number of esters is 1. The molecule has 2 aromatic carbocycles. The number of rotatable bonds is 10. The number of hydrogen-bond donors (Lipinski definition) is 2. The standard InChI is InChI=1S/C26H33NO4/c1-3-5-16-26(17-15-20-11-13-22(28)14-12-20)19-23(29)24(25(30)31-26)27(18-4-2)21-9-7-6-8-10-21/h6-14,28-29H,3-5,15-19H2,1-2H3. The smallest absolute Gasteiger partial charge is 0.359 e. The number of aliphatic hydroxyl groups is 1. The van der Waals surface area contributed by atoms with Gasteiger partial charge in [-0.2, -0.15) is 0 Å². The second-order valence-electron chi connectivity index (χ2n) is 8.30. The third-order valence-corrected chi connectivity index (χ3v) is 5.84. The van der Waals surface area contributed by atoms with Crippen LogP contribution in [0, 0.1) is 0 Å². The summed E-state index contributed by atoms with van der Waals surface area (Å²) >= 11 is 0. The van der Waals surface area contributed by atoms with E-state index in [1.54, 1.807) is 12.1 Å². The third-order valence-electron chi connectivity index (χ3n) is 5.84. The van der Waals surface area contributed by atoms with Gasteiger partial charge in [-0.15, -0.1) is 0 Å². The zero-order valence-corrected chi connectivity index (χ0v) is 18.5. The van der Waals surface area contributed by atoms with Gasteiger partial charge in [-0.25, -0.2) is 4.79 Å². The molecule has 0 aromatic heterocycles. The summed E-state index contributed by atoms with van der Waals surface area (Å²) < 4.78 is 6.11. The number of hydrogen-bond acceptors (Lipinski definition) is 5. The number of aliphatic hydroxyl groups excluding tert-OH is 1. The van der Waals surface area contributed by atoms with Crippen molar-refractivity contribution in [3.05, 3.63) is 71.6 Å². The molecule has 0 bridgehead atoms. The van der Waals surface area contributed by atoms with Crippen LogP contribution in [-0.4, -0.2) is 28.3 Å². The minimum Gasteiger partial charge on any atom is -0.510 e. The van der Waals surface area contributed by atoms with Gasteiger partial charge in [-0.3, -0.25) is 0 Å². The zero-order valence-electron chi connectivity index (χ0n) is 18.5. The molecule has 0 spiro atoms. The van der Waals surface area contributed by atoms with E-state index in [2.05, 4.69) is 6.92 Å². The first-order valence-electron chi connectivity index (χ1n) is 11.2. The lowest BCUT2D eigenvalue weighted by atomic mass is 9.84. The van der Waals surface area contributed by atoms with Crippen molar-refractivity contribution >= 4 is 11.7 Å². The average molecular weight is 424 g/mol. The molecule has 2 aromatic rings. The summed E-state index contributed by atoms with van der Waals surface area (Å²) in [5.74, 6) is -0.117. The van der Waals surface area contributed by atoms with E-state index in [-0.39, 0.29) is 17.2 Å². The monoisotopic (exact) mass is 423 g/mol. The van der Waals surface area contributed by atoms with Crippen LogP contribution < -0.4 is 4.90 Å². The summed E-state index contributed by atoms with van der Waals surface area (Å²) in [6.07, 6.45) is 5.10. The molecular formula is C26H33NO4. The van der Waals surface area contributed by atoms with Crippen molar-refractivity contribution in [1.29, 1.82) is 0 Å². The molecule has 2 N–H and O–H groups in total. The topological polar surface area (TPSA) is 70.0 Å². The Morgan fingerprint density at radius 1 is 0.968 bits per heavy atom. The van der Waals surface area contributed by atoms with Crippen LogP contribution in [0.15, 0.2) is 66.1 Å². The summed E-state index contributed by atoms with van der Waals surface area (Å²) in [4.78, 5) is 15.1. The maximum absolute atomic E-state index is 13.2. The molecule has 1 heterocycles. The van der Waals surface area contributed by atoms with Gasteiger partial charge in [0.15, 0.2) is 5.70 Å². The number of ether oxygens (including phenoxy) is 1. The average Bonchev–Trinajstić information content (AvgIpc) is 2.77. The van der Waals surface area contributed by atoms with Gasteiger partial charge in [0.2, 0.25) is 0 Å². The fourth-order valence-corrected chi connectivity index (χ4v) is 4.19. The molecule has 0 saturated carbocycles. The SMILES string of the molecule is CCCCC1(CCc2ccc(O)cc2)CC(O)=C(N(CCC)c2ccccc2)C(=O)O1.